The minimum atomic E-state index is -0.669. The standard InChI is InChI=1S/C10H11NO3/c1-7(10(11)13)14-9-4-2-8(6-12)3-5-9/h2-7H,1H3,(H2,11,13). The van der Waals surface area contributed by atoms with Crippen LogP contribution < -0.4 is 10.5 Å². The van der Waals surface area contributed by atoms with Gasteiger partial charge in [-0.15, -0.1) is 0 Å². The molecule has 14 heavy (non-hydrogen) atoms. The van der Waals surface area contributed by atoms with Crippen LogP contribution in [0.25, 0.3) is 0 Å². The molecule has 0 saturated heterocycles. The summed E-state index contributed by atoms with van der Waals surface area (Å²) >= 11 is 0. The predicted molar refractivity (Wildman–Crippen MR) is 51.1 cm³/mol. The van der Waals surface area contributed by atoms with Gasteiger partial charge in [0.25, 0.3) is 5.91 Å². The van der Waals surface area contributed by atoms with E-state index in [1.165, 1.54) is 0 Å². The lowest BCUT2D eigenvalue weighted by atomic mass is 10.2. The summed E-state index contributed by atoms with van der Waals surface area (Å²) in [7, 11) is 0. The first-order valence-electron chi connectivity index (χ1n) is 4.14. The summed E-state index contributed by atoms with van der Waals surface area (Å²) < 4.78 is 5.18. The van der Waals surface area contributed by atoms with E-state index in [4.69, 9.17) is 10.5 Å². The van der Waals surface area contributed by atoms with Crippen molar-refractivity contribution in [1.29, 1.82) is 0 Å². The van der Waals surface area contributed by atoms with E-state index in [0.717, 1.165) is 6.29 Å². The summed E-state index contributed by atoms with van der Waals surface area (Å²) in [5, 5.41) is 0. The number of benzene rings is 1. The number of hydrogen-bond acceptors (Lipinski definition) is 3. The molecule has 0 aromatic heterocycles. The molecule has 0 bridgehead atoms. The van der Waals surface area contributed by atoms with Gasteiger partial charge < -0.3 is 10.5 Å². The Bertz CT molecular complexity index is 332. The van der Waals surface area contributed by atoms with Crippen LogP contribution in [0.2, 0.25) is 0 Å². The lowest BCUT2D eigenvalue weighted by Gasteiger charge is -2.10. The lowest BCUT2D eigenvalue weighted by molar-refractivity contribution is -0.123. The largest absolute Gasteiger partial charge is 0.481 e. The van der Waals surface area contributed by atoms with Gasteiger partial charge in [0.15, 0.2) is 6.10 Å². The van der Waals surface area contributed by atoms with Crippen LogP contribution in [0.3, 0.4) is 0 Å². The number of aldehydes is 1. The average Bonchev–Trinajstić information content (AvgIpc) is 2.19. The van der Waals surface area contributed by atoms with Crippen molar-refractivity contribution in [3.8, 4) is 5.75 Å². The van der Waals surface area contributed by atoms with Crippen molar-refractivity contribution < 1.29 is 14.3 Å². The van der Waals surface area contributed by atoms with Crippen LogP contribution >= 0.6 is 0 Å². The van der Waals surface area contributed by atoms with Crippen molar-refractivity contribution in [2.45, 2.75) is 13.0 Å². The third-order valence-electron chi connectivity index (χ3n) is 1.73. The normalized spacial score (nSPS) is 11.8. The van der Waals surface area contributed by atoms with Gasteiger partial charge in [0.2, 0.25) is 0 Å². The minimum absolute atomic E-state index is 0.516. The Balaban J connectivity index is 2.68. The van der Waals surface area contributed by atoms with Gasteiger partial charge in [-0.05, 0) is 31.2 Å². The van der Waals surface area contributed by atoms with Crippen LogP contribution in [0, 0.1) is 0 Å². The van der Waals surface area contributed by atoms with Crippen LogP contribution in [0.15, 0.2) is 24.3 Å². The van der Waals surface area contributed by atoms with Gasteiger partial charge in [-0.1, -0.05) is 0 Å². The zero-order chi connectivity index (χ0) is 10.6. The molecule has 0 aliphatic rings. The number of carbonyl (C=O) groups excluding carboxylic acids is 2. The van der Waals surface area contributed by atoms with E-state index in [0.29, 0.717) is 11.3 Å². The van der Waals surface area contributed by atoms with Crippen LogP contribution in [0.1, 0.15) is 17.3 Å². The number of carbonyl (C=O) groups is 2. The van der Waals surface area contributed by atoms with Gasteiger partial charge in [-0.3, -0.25) is 9.59 Å². The van der Waals surface area contributed by atoms with Crippen molar-refractivity contribution in [2.24, 2.45) is 5.73 Å². The Kier molecular flexibility index (Phi) is 3.23. The van der Waals surface area contributed by atoms with E-state index in [9.17, 15) is 9.59 Å². The zero-order valence-corrected chi connectivity index (χ0v) is 7.77. The minimum Gasteiger partial charge on any atom is -0.481 e. The number of hydrogen-bond donors (Lipinski definition) is 1. The first-order chi connectivity index (χ1) is 6.63. The molecule has 1 rings (SSSR count). The molecule has 0 fully saturated rings. The molecule has 1 unspecified atom stereocenters. The number of nitrogens with two attached hydrogens (primary N) is 1. The molecule has 0 aliphatic heterocycles. The number of amides is 1. The molecule has 0 spiro atoms. The summed E-state index contributed by atoms with van der Waals surface area (Å²) in [5.74, 6) is -0.00800. The van der Waals surface area contributed by atoms with Crippen LogP contribution in [-0.4, -0.2) is 18.3 Å². The van der Waals surface area contributed by atoms with E-state index in [2.05, 4.69) is 0 Å². The first kappa shape index (κ1) is 10.2. The number of rotatable bonds is 4. The van der Waals surface area contributed by atoms with Gasteiger partial charge in [0.1, 0.15) is 12.0 Å². The van der Waals surface area contributed by atoms with Crippen molar-refractivity contribution in [1.82, 2.24) is 0 Å². The Morgan fingerprint density at radius 2 is 2.00 bits per heavy atom. The van der Waals surface area contributed by atoms with Crippen molar-refractivity contribution in [2.75, 3.05) is 0 Å². The van der Waals surface area contributed by atoms with Crippen LogP contribution in [0.4, 0.5) is 0 Å². The van der Waals surface area contributed by atoms with E-state index >= 15 is 0 Å². The Labute approximate surface area is 81.7 Å². The summed E-state index contributed by atoms with van der Waals surface area (Å²) in [6.07, 6.45) is 0.0680. The molecule has 1 aromatic rings. The molecule has 1 amide bonds. The van der Waals surface area contributed by atoms with Crippen molar-refractivity contribution >= 4 is 12.2 Å². The molecule has 2 N–H and O–H groups in total. The van der Waals surface area contributed by atoms with Crippen molar-refractivity contribution in [3.63, 3.8) is 0 Å². The second-order valence-electron chi connectivity index (χ2n) is 2.85. The predicted octanol–water partition coefficient (Wildman–Crippen LogP) is 0.752. The highest BCUT2D eigenvalue weighted by atomic mass is 16.5. The molecule has 0 radical (unpaired) electrons. The lowest BCUT2D eigenvalue weighted by Crippen LogP contribution is -2.30. The summed E-state index contributed by atoms with van der Waals surface area (Å²) in [4.78, 5) is 21.0. The van der Waals surface area contributed by atoms with Gasteiger partial charge in [-0.2, -0.15) is 0 Å². The third kappa shape index (κ3) is 2.58. The molecular weight excluding hydrogens is 182 g/mol. The van der Waals surface area contributed by atoms with Gasteiger partial charge in [0, 0.05) is 5.56 Å². The number of primary amides is 1. The van der Waals surface area contributed by atoms with E-state index in [1.54, 1.807) is 31.2 Å². The molecule has 4 nitrogen and oxygen atoms in total. The molecule has 1 aromatic carbocycles. The topological polar surface area (TPSA) is 69.4 Å². The third-order valence-corrected chi connectivity index (χ3v) is 1.73. The summed E-state index contributed by atoms with van der Waals surface area (Å²) in [6, 6.07) is 6.44. The Morgan fingerprint density at radius 3 is 2.43 bits per heavy atom. The first-order valence-corrected chi connectivity index (χ1v) is 4.14. The molecule has 0 saturated carbocycles. The second-order valence-corrected chi connectivity index (χ2v) is 2.85. The van der Waals surface area contributed by atoms with Gasteiger partial charge in [0.05, 0.1) is 0 Å². The molecule has 1 atom stereocenters. The SMILES string of the molecule is CC(Oc1ccc(C=O)cc1)C(N)=O. The molecule has 74 valence electrons. The zero-order valence-electron chi connectivity index (χ0n) is 7.77. The molecule has 0 heterocycles. The van der Waals surface area contributed by atoms with Crippen LogP contribution in [-0.2, 0) is 4.79 Å². The van der Waals surface area contributed by atoms with E-state index < -0.39 is 12.0 Å². The number of ether oxygens (including phenoxy) is 1. The van der Waals surface area contributed by atoms with Gasteiger partial charge >= 0.3 is 0 Å². The Hall–Kier alpha value is -1.84. The average molecular weight is 193 g/mol. The fourth-order valence-corrected chi connectivity index (χ4v) is 0.887. The van der Waals surface area contributed by atoms with Crippen molar-refractivity contribution in [3.05, 3.63) is 29.8 Å². The highest BCUT2D eigenvalue weighted by Gasteiger charge is 2.09. The molecule has 0 aliphatic carbocycles. The van der Waals surface area contributed by atoms with E-state index in [-0.39, 0.29) is 0 Å². The maximum atomic E-state index is 10.7. The highest BCUT2D eigenvalue weighted by Crippen LogP contribution is 2.12. The monoisotopic (exact) mass is 193 g/mol. The second kappa shape index (κ2) is 4.41. The Morgan fingerprint density at radius 1 is 1.43 bits per heavy atom. The fourth-order valence-electron chi connectivity index (χ4n) is 0.887. The van der Waals surface area contributed by atoms with Crippen LogP contribution in [0.5, 0.6) is 5.75 Å². The summed E-state index contributed by atoms with van der Waals surface area (Å²) in [5.41, 5.74) is 5.58. The quantitative estimate of drug-likeness (QED) is 0.717. The van der Waals surface area contributed by atoms with Gasteiger partial charge in [-0.25, -0.2) is 0 Å². The highest BCUT2D eigenvalue weighted by molar-refractivity contribution is 5.78. The fraction of sp³-hybridized carbons (Fsp3) is 0.200. The summed E-state index contributed by atoms with van der Waals surface area (Å²) in [6.45, 7) is 1.57. The molecular formula is C10H11NO3. The smallest absolute Gasteiger partial charge is 0.258 e. The van der Waals surface area contributed by atoms with E-state index in [1.807, 2.05) is 0 Å². The maximum absolute atomic E-state index is 10.7. The maximum Gasteiger partial charge on any atom is 0.258 e. The molecule has 4 heteroatoms.